The molecule has 0 radical (unpaired) electrons. The fourth-order valence-electron chi connectivity index (χ4n) is 1.19. The first-order valence-corrected chi connectivity index (χ1v) is 4.03. The second-order valence-corrected chi connectivity index (χ2v) is 2.91. The molecule has 0 spiro atoms. The van der Waals surface area contributed by atoms with Crippen LogP contribution in [0.2, 0.25) is 0 Å². The number of hydrogen-bond acceptors (Lipinski definition) is 1. The molecule has 5 heteroatoms. The van der Waals surface area contributed by atoms with Crippen molar-refractivity contribution in [1.29, 1.82) is 0 Å². The predicted molar refractivity (Wildman–Crippen MR) is 49.1 cm³/mol. The number of hydrogen-bond donors (Lipinski definition) is 0. The molecule has 14 heavy (non-hydrogen) atoms. The molecular formula is C9H9F2N3. The summed E-state index contributed by atoms with van der Waals surface area (Å²) in [6.45, 7) is 0.758. The minimum atomic E-state index is -3.09. The molecule has 0 heterocycles. The molecule has 0 saturated carbocycles. The highest BCUT2D eigenvalue weighted by Crippen LogP contribution is 2.30. The Bertz CT molecular complexity index is 370. The summed E-state index contributed by atoms with van der Waals surface area (Å²) in [5.41, 5.74) is 8.37. The molecule has 0 N–H and O–H groups in total. The van der Waals surface area contributed by atoms with Gasteiger partial charge in [-0.2, -0.15) is 0 Å². The molecule has 0 fully saturated rings. The third-order valence-electron chi connectivity index (χ3n) is 1.87. The molecule has 0 bridgehead atoms. The van der Waals surface area contributed by atoms with Crippen molar-refractivity contribution >= 4 is 0 Å². The Kier molecular flexibility index (Phi) is 3.04. The van der Waals surface area contributed by atoms with Crippen molar-refractivity contribution in [1.82, 2.24) is 0 Å². The maximum atomic E-state index is 13.3. The second kappa shape index (κ2) is 4.07. The van der Waals surface area contributed by atoms with Gasteiger partial charge in [0.05, 0.1) is 6.54 Å². The first kappa shape index (κ1) is 10.5. The van der Waals surface area contributed by atoms with Crippen LogP contribution in [0.15, 0.2) is 29.4 Å². The lowest BCUT2D eigenvalue weighted by molar-refractivity contribution is 0.00549. The SMILES string of the molecule is Cc1ccccc1C(F)(F)CN=[N+]=[N-]. The maximum Gasteiger partial charge on any atom is 0.279 e. The first-order valence-electron chi connectivity index (χ1n) is 4.03. The quantitative estimate of drug-likeness (QED) is 0.405. The van der Waals surface area contributed by atoms with Crippen LogP contribution in [-0.4, -0.2) is 6.54 Å². The Morgan fingerprint density at radius 2 is 2.07 bits per heavy atom. The standard InChI is InChI=1S/C9H9F2N3/c1-7-4-2-3-5-8(7)9(10,11)6-13-14-12/h2-5H,6H2,1H3. The molecular weight excluding hydrogens is 188 g/mol. The van der Waals surface area contributed by atoms with Gasteiger partial charge >= 0.3 is 0 Å². The second-order valence-electron chi connectivity index (χ2n) is 2.91. The molecule has 0 atom stereocenters. The molecule has 3 nitrogen and oxygen atoms in total. The van der Waals surface area contributed by atoms with Gasteiger partial charge < -0.3 is 0 Å². The summed E-state index contributed by atoms with van der Waals surface area (Å²) in [4.78, 5) is 2.32. The van der Waals surface area contributed by atoms with Crippen LogP contribution < -0.4 is 0 Å². The van der Waals surface area contributed by atoms with E-state index in [1.54, 1.807) is 19.1 Å². The summed E-state index contributed by atoms with van der Waals surface area (Å²) < 4.78 is 26.7. The van der Waals surface area contributed by atoms with Crippen molar-refractivity contribution in [2.75, 3.05) is 6.54 Å². The summed E-state index contributed by atoms with van der Waals surface area (Å²) in [7, 11) is 0. The number of halogens is 2. The van der Waals surface area contributed by atoms with Crippen LogP contribution >= 0.6 is 0 Å². The average Bonchev–Trinajstić information content (AvgIpc) is 2.15. The number of benzene rings is 1. The molecule has 0 aliphatic rings. The van der Waals surface area contributed by atoms with Crippen LogP contribution in [0.25, 0.3) is 10.4 Å². The van der Waals surface area contributed by atoms with Crippen molar-refractivity contribution in [3.8, 4) is 0 Å². The van der Waals surface area contributed by atoms with E-state index < -0.39 is 12.5 Å². The van der Waals surface area contributed by atoms with E-state index in [1.807, 2.05) is 0 Å². The molecule has 0 aliphatic heterocycles. The van der Waals surface area contributed by atoms with Crippen molar-refractivity contribution in [3.05, 3.63) is 45.8 Å². The van der Waals surface area contributed by atoms with E-state index in [4.69, 9.17) is 5.53 Å². The number of nitrogens with zero attached hydrogens (tertiary/aromatic N) is 3. The summed E-state index contributed by atoms with van der Waals surface area (Å²) >= 11 is 0. The average molecular weight is 197 g/mol. The van der Waals surface area contributed by atoms with Gasteiger partial charge in [0.2, 0.25) is 0 Å². The molecule has 0 unspecified atom stereocenters. The summed E-state index contributed by atoms with van der Waals surface area (Å²) in [5.74, 6) is -3.09. The van der Waals surface area contributed by atoms with E-state index in [2.05, 4.69) is 10.0 Å². The van der Waals surface area contributed by atoms with Crippen molar-refractivity contribution in [3.63, 3.8) is 0 Å². The molecule has 1 aromatic rings. The zero-order valence-corrected chi connectivity index (χ0v) is 7.61. The fraction of sp³-hybridized carbons (Fsp3) is 0.333. The predicted octanol–water partition coefficient (Wildman–Crippen LogP) is 3.40. The van der Waals surface area contributed by atoms with Crippen molar-refractivity contribution in [2.24, 2.45) is 5.11 Å². The van der Waals surface area contributed by atoms with Gasteiger partial charge in [-0.1, -0.05) is 29.4 Å². The number of alkyl halides is 2. The van der Waals surface area contributed by atoms with E-state index in [9.17, 15) is 8.78 Å². The van der Waals surface area contributed by atoms with Crippen LogP contribution in [0.3, 0.4) is 0 Å². The number of aryl methyl sites for hydroxylation is 1. The zero-order chi connectivity index (χ0) is 10.6. The molecule has 1 rings (SSSR count). The van der Waals surface area contributed by atoms with Gasteiger partial charge in [-0.05, 0) is 18.0 Å². The Morgan fingerprint density at radius 1 is 1.43 bits per heavy atom. The molecule has 0 aromatic heterocycles. The minimum absolute atomic E-state index is 0.0904. The van der Waals surface area contributed by atoms with Crippen LogP contribution in [0.1, 0.15) is 11.1 Å². The molecule has 0 aliphatic carbocycles. The Balaban J connectivity index is 3.02. The van der Waals surface area contributed by atoms with E-state index >= 15 is 0 Å². The summed E-state index contributed by atoms with van der Waals surface area (Å²) in [6.07, 6.45) is 0. The summed E-state index contributed by atoms with van der Waals surface area (Å²) in [5, 5.41) is 2.89. The third-order valence-corrected chi connectivity index (χ3v) is 1.87. The van der Waals surface area contributed by atoms with Gasteiger partial charge in [0, 0.05) is 10.5 Å². The number of azide groups is 1. The van der Waals surface area contributed by atoms with Gasteiger partial charge in [0.25, 0.3) is 5.92 Å². The minimum Gasteiger partial charge on any atom is -0.201 e. The topological polar surface area (TPSA) is 48.8 Å². The number of rotatable bonds is 3. The van der Waals surface area contributed by atoms with Crippen molar-refractivity contribution in [2.45, 2.75) is 12.8 Å². The molecule has 0 saturated heterocycles. The highest BCUT2D eigenvalue weighted by atomic mass is 19.3. The van der Waals surface area contributed by atoms with Gasteiger partial charge in [-0.15, -0.1) is 0 Å². The molecule has 0 amide bonds. The van der Waals surface area contributed by atoms with Gasteiger partial charge in [0.1, 0.15) is 0 Å². The Hall–Kier alpha value is -1.61. The van der Waals surface area contributed by atoms with Crippen LogP contribution in [0.4, 0.5) is 8.78 Å². The normalized spacial score (nSPS) is 10.8. The lowest BCUT2D eigenvalue weighted by Crippen LogP contribution is -2.18. The van der Waals surface area contributed by atoms with Crippen LogP contribution in [0, 0.1) is 6.92 Å². The zero-order valence-electron chi connectivity index (χ0n) is 7.61. The van der Waals surface area contributed by atoms with Gasteiger partial charge in [0.15, 0.2) is 0 Å². The smallest absolute Gasteiger partial charge is 0.201 e. The molecule has 1 aromatic carbocycles. The Morgan fingerprint density at radius 3 is 2.64 bits per heavy atom. The van der Waals surface area contributed by atoms with Crippen LogP contribution in [0.5, 0.6) is 0 Å². The van der Waals surface area contributed by atoms with E-state index in [0.717, 1.165) is 0 Å². The highest BCUT2D eigenvalue weighted by molar-refractivity contribution is 5.29. The third kappa shape index (κ3) is 2.20. The monoisotopic (exact) mass is 197 g/mol. The first-order chi connectivity index (χ1) is 6.58. The van der Waals surface area contributed by atoms with E-state index in [-0.39, 0.29) is 5.56 Å². The van der Waals surface area contributed by atoms with E-state index in [0.29, 0.717) is 5.56 Å². The Labute approximate surface area is 80.0 Å². The lowest BCUT2D eigenvalue weighted by Gasteiger charge is -2.15. The van der Waals surface area contributed by atoms with Crippen molar-refractivity contribution < 1.29 is 8.78 Å². The van der Waals surface area contributed by atoms with Crippen LogP contribution in [-0.2, 0) is 5.92 Å². The lowest BCUT2D eigenvalue weighted by atomic mass is 10.0. The van der Waals surface area contributed by atoms with E-state index in [1.165, 1.54) is 12.1 Å². The fourth-order valence-corrected chi connectivity index (χ4v) is 1.19. The summed E-state index contributed by atoms with van der Waals surface area (Å²) in [6, 6.07) is 6.15. The van der Waals surface area contributed by atoms with Gasteiger partial charge in [-0.3, -0.25) is 0 Å². The highest BCUT2D eigenvalue weighted by Gasteiger charge is 2.31. The van der Waals surface area contributed by atoms with Gasteiger partial charge in [-0.25, -0.2) is 8.78 Å². The molecule has 74 valence electrons. The maximum absolute atomic E-state index is 13.3. The largest absolute Gasteiger partial charge is 0.279 e.